The maximum absolute atomic E-state index is 13.1. The Morgan fingerprint density at radius 1 is 1.12 bits per heavy atom. The molecular weight excluding hydrogens is 454 g/mol. The number of carbonyl (C=O) groups excluding carboxylic acids is 1. The molecule has 0 atom stereocenters. The number of ether oxygens (including phenoxy) is 1. The highest BCUT2D eigenvalue weighted by molar-refractivity contribution is 7.99. The van der Waals surface area contributed by atoms with Gasteiger partial charge < -0.3 is 9.64 Å². The summed E-state index contributed by atoms with van der Waals surface area (Å²) in [6.45, 7) is 0.333. The summed E-state index contributed by atoms with van der Waals surface area (Å²) in [6, 6.07) is 23.1. The van der Waals surface area contributed by atoms with Crippen molar-refractivity contribution in [3.63, 3.8) is 0 Å². The number of para-hydroxylation sites is 3. The van der Waals surface area contributed by atoms with Gasteiger partial charge in [-0.1, -0.05) is 48.2 Å². The Balaban J connectivity index is 1.64. The molecule has 0 aliphatic rings. The van der Waals surface area contributed by atoms with Crippen LogP contribution in [-0.2, 0) is 4.79 Å². The predicted octanol–water partition coefficient (Wildman–Crippen LogP) is 5.04. The van der Waals surface area contributed by atoms with Crippen molar-refractivity contribution in [3.05, 3.63) is 72.1 Å². The lowest BCUT2D eigenvalue weighted by Gasteiger charge is -2.21. The number of nitrogens with zero attached hydrogens (tertiary/aromatic N) is 5. The van der Waals surface area contributed by atoms with E-state index in [1.165, 1.54) is 11.8 Å². The number of hydrogen-bond acceptors (Lipinski definition) is 7. The van der Waals surface area contributed by atoms with E-state index in [4.69, 9.17) is 10.00 Å². The number of carbonyl (C=O) groups is 1. The Bertz CT molecular complexity index is 1250. The zero-order valence-corrected chi connectivity index (χ0v) is 19.6. The number of amides is 1. The summed E-state index contributed by atoms with van der Waals surface area (Å²) in [4.78, 5) is 15.7. The molecule has 33 heavy (non-hydrogen) atoms. The zero-order valence-electron chi connectivity index (χ0n) is 17.9. The van der Waals surface area contributed by atoms with Gasteiger partial charge in [-0.3, -0.25) is 9.36 Å². The molecule has 4 rings (SSSR count). The summed E-state index contributed by atoms with van der Waals surface area (Å²) in [7, 11) is 1.62. The van der Waals surface area contributed by atoms with Crippen LogP contribution in [0.4, 0.5) is 5.69 Å². The molecule has 0 fully saturated rings. The van der Waals surface area contributed by atoms with Gasteiger partial charge in [-0.2, -0.15) is 5.26 Å². The van der Waals surface area contributed by atoms with E-state index < -0.39 is 0 Å². The molecule has 0 saturated heterocycles. The summed E-state index contributed by atoms with van der Waals surface area (Å²) in [5, 5.41) is 20.4. The van der Waals surface area contributed by atoms with E-state index in [-0.39, 0.29) is 18.1 Å². The highest BCUT2D eigenvalue weighted by Crippen LogP contribution is 2.34. The van der Waals surface area contributed by atoms with Gasteiger partial charge in [0, 0.05) is 12.2 Å². The number of methoxy groups -OCH3 is 1. The smallest absolute Gasteiger partial charge is 0.237 e. The van der Waals surface area contributed by atoms with Crippen LogP contribution in [-0.4, -0.2) is 40.1 Å². The largest absolute Gasteiger partial charge is 0.495 e. The third-order valence-electron chi connectivity index (χ3n) is 4.84. The minimum absolute atomic E-state index is 0.103. The summed E-state index contributed by atoms with van der Waals surface area (Å²) in [6.07, 6.45) is 0.255. The number of hydrogen-bond donors (Lipinski definition) is 0. The lowest BCUT2D eigenvalue weighted by molar-refractivity contribution is -0.116. The number of benzene rings is 2. The van der Waals surface area contributed by atoms with Gasteiger partial charge in [0.25, 0.3) is 0 Å². The van der Waals surface area contributed by atoms with Crippen molar-refractivity contribution < 1.29 is 9.53 Å². The van der Waals surface area contributed by atoms with Gasteiger partial charge in [0.2, 0.25) is 5.91 Å². The number of nitriles is 1. The van der Waals surface area contributed by atoms with Gasteiger partial charge >= 0.3 is 0 Å². The first-order valence-corrected chi connectivity index (χ1v) is 12.1. The highest BCUT2D eigenvalue weighted by Gasteiger charge is 2.22. The van der Waals surface area contributed by atoms with Crippen molar-refractivity contribution in [1.82, 2.24) is 14.8 Å². The van der Waals surface area contributed by atoms with E-state index in [0.29, 0.717) is 23.3 Å². The fourth-order valence-corrected chi connectivity index (χ4v) is 4.85. The second-order valence-corrected chi connectivity index (χ2v) is 8.76. The van der Waals surface area contributed by atoms with E-state index in [2.05, 4.69) is 16.3 Å². The van der Waals surface area contributed by atoms with E-state index in [0.717, 1.165) is 16.3 Å². The van der Waals surface area contributed by atoms with Crippen LogP contribution in [0.15, 0.2) is 77.3 Å². The van der Waals surface area contributed by atoms with E-state index in [1.54, 1.807) is 23.3 Å². The van der Waals surface area contributed by atoms with Crippen molar-refractivity contribution in [3.8, 4) is 28.2 Å². The molecule has 0 bridgehead atoms. The number of anilines is 1. The summed E-state index contributed by atoms with van der Waals surface area (Å²) < 4.78 is 7.50. The normalized spacial score (nSPS) is 10.5. The molecule has 0 unspecified atom stereocenters. The monoisotopic (exact) mass is 475 g/mol. The molecule has 2 aromatic carbocycles. The number of thioether (sulfide) groups is 1. The van der Waals surface area contributed by atoms with Crippen LogP contribution in [0.5, 0.6) is 5.75 Å². The lowest BCUT2D eigenvalue weighted by Crippen LogP contribution is -2.33. The SMILES string of the molecule is COc1ccccc1-n1c(SCC(=O)N(CCC#N)c2ccccc2)nnc1-c1cccs1. The van der Waals surface area contributed by atoms with Gasteiger partial charge in [0.05, 0.1) is 35.9 Å². The van der Waals surface area contributed by atoms with Gasteiger partial charge in [0.15, 0.2) is 11.0 Å². The van der Waals surface area contributed by atoms with Crippen LogP contribution in [0.25, 0.3) is 16.4 Å². The first kappa shape index (κ1) is 22.6. The first-order valence-electron chi connectivity index (χ1n) is 10.2. The molecule has 166 valence electrons. The van der Waals surface area contributed by atoms with Gasteiger partial charge in [-0.25, -0.2) is 0 Å². The third-order valence-corrected chi connectivity index (χ3v) is 6.62. The second-order valence-electron chi connectivity index (χ2n) is 6.87. The van der Waals surface area contributed by atoms with Gasteiger partial charge in [0.1, 0.15) is 5.75 Å². The Hall–Kier alpha value is -3.61. The number of aromatic nitrogens is 3. The third kappa shape index (κ3) is 5.08. The van der Waals surface area contributed by atoms with Crippen LogP contribution in [0.1, 0.15) is 6.42 Å². The number of thiophene rings is 1. The van der Waals surface area contributed by atoms with Crippen molar-refractivity contribution >= 4 is 34.7 Å². The molecule has 0 spiro atoms. The van der Waals surface area contributed by atoms with Crippen LogP contribution >= 0.6 is 23.1 Å². The quantitative estimate of drug-likeness (QED) is 0.315. The van der Waals surface area contributed by atoms with Crippen molar-refractivity contribution in [1.29, 1.82) is 5.26 Å². The first-order chi connectivity index (χ1) is 16.2. The minimum Gasteiger partial charge on any atom is -0.495 e. The molecule has 0 N–H and O–H groups in total. The Morgan fingerprint density at radius 3 is 2.64 bits per heavy atom. The molecule has 2 heterocycles. The maximum Gasteiger partial charge on any atom is 0.237 e. The molecule has 0 aliphatic heterocycles. The molecule has 9 heteroatoms. The lowest BCUT2D eigenvalue weighted by atomic mass is 10.2. The molecule has 0 aliphatic carbocycles. The zero-order chi connectivity index (χ0) is 23.0. The summed E-state index contributed by atoms with van der Waals surface area (Å²) >= 11 is 2.88. The van der Waals surface area contributed by atoms with E-state index in [1.807, 2.05) is 76.7 Å². The van der Waals surface area contributed by atoms with Gasteiger partial charge in [-0.05, 0) is 35.7 Å². The molecule has 1 amide bonds. The topological polar surface area (TPSA) is 84.0 Å². The van der Waals surface area contributed by atoms with E-state index in [9.17, 15) is 4.79 Å². The Morgan fingerprint density at radius 2 is 1.91 bits per heavy atom. The molecule has 2 aromatic heterocycles. The summed E-state index contributed by atoms with van der Waals surface area (Å²) in [5.41, 5.74) is 1.57. The van der Waals surface area contributed by atoms with Gasteiger partial charge in [-0.15, -0.1) is 21.5 Å². The average Bonchev–Trinajstić information content (AvgIpc) is 3.53. The predicted molar refractivity (Wildman–Crippen MR) is 131 cm³/mol. The van der Waals surface area contributed by atoms with Crippen molar-refractivity contribution in [2.75, 3.05) is 24.3 Å². The van der Waals surface area contributed by atoms with Crippen molar-refractivity contribution in [2.45, 2.75) is 11.6 Å². The molecular formula is C24H21N5O2S2. The fraction of sp³-hybridized carbons (Fsp3) is 0.167. The minimum atomic E-state index is -0.103. The Labute approximate surface area is 200 Å². The summed E-state index contributed by atoms with van der Waals surface area (Å²) in [5.74, 6) is 1.42. The number of rotatable bonds is 9. The van der Waals surface area contributed by atoms with Crippen LogP contribution in [0.2, 0.25) is 0 Å². The molecule has 4 aromatic rings. The van der Waals surface area contributed by atoms with E-state index >= 15 is 0 Å². The fourth-order valence-electron chi connectivity index (χ4n) is 3.33. The standard InChI is InChI=1S/C24H21N5O2S2/c1-31-20-12-6-5-11-19(20)29-23(21-13-7-16-32-21)26-27-24(29)33-17-22(30)28(15-8-14-25)18-9-3-2-4-10-18/h2-7,9-13,16H,8,15,17H2,1H3. The highest BCUT2D eigenvalue weighted by atomic mass is 32.2. The maximum atomic E-state index is 13.1. The second kappa shape index (κ2) is 10.8. The molecule has 7 nitrogen and oxygen atoms in total. The van der Waals surface area contributed by atoms with Crippen LogP contribution in [0, 0.1) is 11.3 Å². The van der Waals surface area contributed by atoms with Crippen LogP contribution < -0.4 is 9.64 Å². The average molecular weight is 476 g/mol. The van der Waals surface area contributed by atoms with Crippen LogP contribution in [0.3, 0.4) is 0 Å². The van der Waals surface area contributed by atoms with Crippen molar-refractivity contribution in [2.24, 2.45) is 0 Å². The Kier molecular flexibility index (Phi) is 7.40. The molecule has 0 radical (unpaired) electrons. The molecule has 0 saturated carbocycles.